The Hall–Kier alpha value is -2.77. The summed E-state index contributed by atoms with van der Waals surface area (Å²) in [6.07, 6.45) is 2.57. The highest BCUT2D eigenvalue weighted by Crippen LogP contribution is 2.40. The highest BCUT2D eigenvalue weighted by atomic mass is 19.1. The number of nitrogens with zero attached hydrogens (tertiary/aromatic N) is 2. The minimum atomic E-state index is -1.44. The fourth-order valence-corrected chi connectivity index (χ4v) is 2.58. The van der Waals surface area contributed by atoms with E-state index in [1.807, 2.05) is 0 Å². The number of carboxylic acids is 1. The van der Waals surface area contributed by atoms with Crippen LogP contribution < -0.4 is 5.43 Å². The number of nitro groups is 1. The summed E-state index contributed by atoms with van der Waals surface area (Å²) < 4.78 is 15.4. The molecule has 3 rings (SSSR count). The van der Waals surface area contributed by atoms with Gasteiger partial charge in [0.25, 0.3) is 5.69 Å². The van der Waals surface area contributed by atoms with E-state index < -0.39 is 33.4 Å². The summed E-state index contributed by atoms with van der Waals surface area (Å²) in [4.78, 5) is 34.0. The van der Waals surface area contributed by atoms with Gasteiger partial charge in [0.2, 0.25) is 5.43 Å². The lowest BCUT2D eigenvalue weighted by Crippen LogP contribution is -2.20. The second-order valence-corrected chi connectivity index (χ2v) is 5.30. The summed E-state index contributed by atoms with van der Waals surface area (Å²) in [7, 11) is 0. The summed E-state index contributed by atoms with van der Waals surface area (Å²) in [6, 6.07) is 0.774. The number of pyridine rings is 1. The van der Waals surface area contributed by atoms with Crippen molar-refractivity contribution in [1.82, 2.24) is 4.57 Å². The van der Waals surface area contributed by atoms with Crippen LogP contribution in [0, 0.1) is 22.9 Å². The van der Waals surface area contributed by atoms with Crippen molar-refractivity contribution in [2.75, 3.05) is 0 Å². The third kappa shape index (κ3) is 1.95. The van der Waals surface area contributed by atoms with E-state index in [1.165, 1.54) is 11.5 Å². The quantitative estimate of drug-likeness (QED) is 0.692. The molecule has 1 aliphatic carbocycles. The van der Waals surface area contributed by atoms with Gasteiger partial charge in [-0.25, -0.2) is 9.18 Å². The van der Waals surface area contributed by atoms with E-state index >= 15 is 0 Å². The molecule has 0 aliphatic heterocycles. The fraction of sp³-hybridized carbons (Fsp3) is 0.286. The number of rotatable bonds is 3. The molecule has 8 heteroatoms. The van der Waals surface area contributed by atoms with E-state index in [1.54, 1.807) is 0 Å². The van der Waals surface area contributed by atoms with E-state index in [0.717, 1.165) is 25.1 Å². The van der Waals surface area contributed by atoms with Crippen LogP contribution in [0.3, 0.4) is 0 Å². The number of hydrogen-bond donors (Lipinski definition) is 1. The number of halogens is 1. The monoisotopic (exact) mass is 306 g/mol. The molecule has 0 spiro atoms. The molecule has 22 heavy (non-hydrogen) atoms. The number of aromatic nitrogens is 1. The number of hydrogen-bond acceptors (Lipinski definition) is 4. The molecule has 1 aliphatic rings. The van der Waals surface area contributed by atoms with Gasteiger partial charge in [-0.1, -0.05) is 0 Å². The first-order valence-corrected chi connectivity index (χ1v) is 6.58. The lowest BCUT2D eigenvalue weighted by Gasteiger charge is -2.13. The molecule has 0 amide bonds. The van der Waals surface area contributed by atoms with Gasteiger partial charge in [-0.3, -0.25) is 14.9 Å². The molecule has 0 saturated heterocycles. The molecule has 1 aromatic carbocycles. The second-order valence-electron chi connectivity index (χ2n) is 5.30. The number of carbonyl (C=O) groups is 1. The Labute approximate surface area is 122 Å². The second kappa shape index (κ2) is 4.62. The van der Waals surface area contributed by atoms with Gasteiger partial charge < -0.3 is 9.67 Å². The maximum atomic E-state index is 13.9. The zero-order valence-electron chi connectivity index (χ0n) is 11.5. The Morgan fingerprint density at radius 2 is 2.14 bits per heavy atom. The summed E-state index contributed by atoms with van der Waals surface area (Å²) in [5, 5.41) is 20.2. The molecular formula is C14H11FN2O5. The van der Waals surface area contributed by atoms with Crippen LogP contribution in [0.15, 0.2) is 17.1 Å². The number of aromatic carboxylic acids is 1. The van der Waals surface area contributed by atoms with Gasteiger partial charge in [-0.2, -0.15) is 0 Å². The third-order valence-corrected chi connectivity index (χ3v) is 3.83. The Morgan fingerprint density at radius 1 is 1.50 bits per heavy atom. The van der Waals surface area contributed by atoms with Gasteiger partial charge in [-0.05, 0) is 25.8 Å². The fourth-order valence-electron chi connectivity index (χ4n) is 2.58. The minimum Gasteiger partial charge on any atom is -0.477 e. The number of nitro benzene ring substituents is 1. The van der Waals surface area contributed by atoms with Crippen molar-refractivity contribution in [1.29, 1.82) is 0 Å². The average molecular weight is 306 g/mol. The number of carboxylic acid groups (broad SMARTS) is 1. The first kappa shape index (κ1) is 14.2. The van der Waals surface area contributed by atoms with E-state index in [4.69, 9.17) is 5.11 Å². The van der Waals surface area contributed by atoms with Crippen molar-refractivity contribution >= 4 is 22.6 Å². The molecular weight excluding hydrogens is 295 g/mol. The summed E-state index contributed by atoms with van der Waals surface area (Å²) >= 11 is 0. The molecule has 1 saturated carbocycles. The van der Waals surface area contributed by atoms with Gasteiger partial charge in [0.05, 0.1) is 15.9 Å². The molecule has 1 fully saturated rings. The lowest BCUT2D eigenvalue weighted by atomic mass is 10.1. The lowest BCUT2D eigenvalue weighted by molar-refractivity contribution is -0.384. The van der Waals surface area contributed by atoms with Crippen LogP contribution >= 0.6 is 0 Å². The average Bonchev–Trinajstić information content (AvgIpc) is 3.25. The molecule has 0 bridgehead atoms. The van der Waals surface area contributed by atoms with Crippen LogP contribution in [0.25, 0.3) is 10.9 Å². The molecule has 0 radical (unpaired) electrons. The van der Waals surface area contributed by atoms with Crippen LogP contribution in [0.5, 0.6) is 0 Å². The maximum absolute atomic E-state index is 13.9. The standard InChI is InChI=1S/C14H11FN2O5/c1-6-10(15)4-8-12(11(6)17(21)22)16(7-2-3-7)5-9(13(8)18)14(19)20/h4-5,7H,2-3H2,1H3,(H,19,20). The Bertz CT molecular complexity index is 898. The summed E-state index contributed by atoms with van der Waals surface area (Å²) in [5.41, 5.74) is -2.11. The minimum absolute atomic E-state index is 0.0126. The zero-order valence-corrected chi connectivity index (χ0v) is 11.5. The highest BCUT2D eigenvalue weighted by Gasteiger charge is 2.32. The van der Waals surface area contributed by atoms with E-state index in [0.29, 0.717) is 0 Å². The zero-order chi connectivity index (χ0) is 16.2. The van der Waals surface area contributed by atoms with Gasteiger partial charge >= 0.3 is 5.97 Å². The van der Waals surface area contributed by atoms with E-state index in [9.17, 15) is 24.1 Å². The Kier molecular flexibility index (Phi) is 2.98. The van der Waals surface area contributed by atoms with E-state index in [2.05, 4.69) is 0 Å². The van der Waals surface area contributed by atoms with Crippen molar-refractivity contribution in [2.45, 2.75) is 25.8 Å². The molecule has 114 valence electrons. The smallest absolute Gasteiger partial charge is 0.341 e. The SMILES string of the molecule is Cc1c(F)cc2c(=O)c(C(=O)O)cn(C3CC3)c2c1[N+](=O)[O-]. The number of fused-ring (bicyclic) bond motifs is 1. The van der Waals surface area contributed by atoms with Crippen LogP contribution in [-0.2, 0) is 0 Å². The summed E-state index contributed by atoms with van der Waals surface area (Å²) in [5.74, 6) is -2.34. The molecule has 1 heterocycles. The largest absolute Gasteiger partial charge is 0.477 e. The van der Waals surface area contributed by atoms with Crippen LogP contribution in [-0.4, -0.2) is 20.6 Å². The van der Waals surface area contributed by atoms with E-state index in [-0.39, 0.29) is 22.5 Å². The van der Waals surface area contributed by atoms with Gasteiger partial charge in [0.15, 0.2) is 0 Å². The molecule has 1 aromatic heterocycles. The van der Waals surface area contributed by atoms with Crippen molar-refractivity contribution in [3.8, 4) is 0 Å². The Morgan fingerprint density at radius 3 is 2.64 bits per heavy atom. The Balaban J connectivity index is 2.57. The van der Waals surface area contributed by atoms with Crippen LogP contribution in [0.4, 0.5) is 10.1 Å². The number of benzene rings is 1. The van der Waals surface area contributed by atoms with Crippen LogP contribution in [0.1, 0.15) is 34.8 Å². The van der Waals surface area contributed by atoms with Crippen molar-refractivity contribution < 1.29 is 19.2 Å². The first-order chi connectivity index (χ1) is 10.3. The van der Waals surface area contributed by atoms with Crippen LogP contribution in [0.2, 0.25) is 0 Å². The van der Waals surface area contributed by atoms with Gasteiger partial charge in [-0.15, -0.1) is 0 Å². The van der Waals surface area contributed by atoms with Gasteiger partial charge in [0, 0.05) is 12.2 Å². The van der Waals surface area contributed by atoms with Crippen molar-refractivity contribution in [3.05, 3.63) is 49.5 Å². The van der Waals surface area contributed by atoms with Crippen molar-refractivity contribution in [3.63, 3.8) is 0 Å². The van der Waals surface area contributed by atoms with Crippen molar-refractivity contribution in [2.24, 2.45) is 0 Å². The normalized spacial score (nSPS) is 14.3. The summed E-state index contributed by atoms with van der Waals surface area (Å²) in [6.45, 7) is 1.26. The molecule has 1 N–H and O–H groups in total. The maximum Gasteiger partial charge on any atom is 0.341 e. The predicted molar refractivity (Wildman–Crippen MR) is 74.8 cm³/mol. The predicted octanol–water partition coefficient (Wildman–Crippen LogP) is 2.39. The molecule has 7 nitrogen and oxygen atoms in total. The molecule has 2 aromatic rings. The first-order valence-electron chi connectivity index (χ1n) is 6.58. The molecule has 0 atom stereocenters. The molecule has 0 unspecified atom stereocenters. The highest BCUT2D eigenvalue weighted by molar-refractivity contribution is 5.96. The third-order valence-electron chi connectivity index (χ3n) is 3.83. The topological polar surface area (TPSA) is 102 Å². The van der Waals surface area contributed by atoms with Gasteiger partial charge in [0.1, 0.15) is 16.9 Å².